The molecule has 2 nitrogen and oxygen atoms in total. The second-order valence-corrected chi connectivity index (χ2v) is 3.47. The van der Waals surface area contributed by atoms with E-state index in [0.717, 1.165) is 37.5 Å². The van der Waals surface area contributed by atoms with Crippen LogP contribution in [-0.4, -0.2) is 12.4 Å². The molecule has 0 aromatic heterocycles. The maximum atomic E-state index is 5.68. The lowest BCUT2D eigenvalue weighted by molar-refractivity contribution is 0.402. The minimum Gasteiger partial charge on any atom is -0.443 e. The van der Waals surface area contributed by atoms with Crippen molar-refractivity contribution in [3.8, 4) is 0 Å². The Morgan fingerprint density at radius 1 is 1.43 bits per heavy atom. The topological polar surface area (TPSA) is 21.6 Å². The maximum Gasteiger partial charge on any atom is 0.193 e. The highest BCUT2D eigenvalue weighted by Crippen LogP contribution is 2.25. The zero-order valence-electron chi connectivity index (χ0n) is 8.49. The summed E-state index contributed by atoms with van der Waals surface area (Å²) in [6.07, 6.45) is 11.3. The molecule has 0 fully saturated rings. The standard InChI is InChI=1S/C12H15NO/c1-2-9-13-12-8-7-10-5-3-4-6-11(10)14-12/h3-4,6-7H,2,5,8-9H2,1H3. The molecule has 0 amide bonds. The molecule has 2 aliphatic rings. The van der Waals surface area contributed by atoms with Gasteiger partial charge in [0.05, 0.1) is 0 Å². The Bertz CT molecular complexity index is 334. The molecule has 0 N–H and O–H groups in total. The van der Waals surface area contributed by atoms with Crippen LogP contribution in [0.5, 0.6) is 0 Å². The van der Waals surface area contributed by atoms with Gasteiger partial charge in [0.1, 0.15) is 5.76 Å². The molecule has 0 saturated heterocycles. The van der Waals surface area contributed by atoms with Crippen LogP contribution in [0.2, 0.25) is 0 Å². The third-order valence-electron chi connectivity index (χ3n) is 2.30. The minimum atomic E-state index is 0.848. The molecule has 2 heteroatoms. The zero-order chi connectivity index (χ0) is 9.80. The van der Waals surface area contributed by atoms with Crippen molar-refractivity contribution in [3.05, 3.63) is 35.6 Å². The molecule has 74 valence electrons. The average molecular weight is 189 g/mol. The van der Waals surface area contributed by atoms with E-state index in [1.807, 2.05) is 12.2 Å². The molecule has 0 atom stereocenters. The Labute approximate surface area is 84.7 Å². The van der Waals surface area contributed by atoms with Gasteiger partial charge >= 0.3 is 0 Å². The lowest BCUT2D eigenvalue weighted by Crippen LogP contribution is -2.12. The van der Waals surface area contributed by atoms with Crippen molar-refractivity contribution >= 4 is 5.90 Å². The Hall–Kier alpha value is -1.31. The number of fused-ring (bicyclic) bond motifs is 1. The second kappa shape index (κ2) is 4.27. The van der Waals surface area contributed by atoms with Gasteiger partial charge in [0.15, 0.2) is 5.90 Å². The van der Waals surface area contributed by atoms with Crippen LogP contribution in [0.3, 0.4) is 0 Å². The number of aliphatic imine (C=N–C) groups is 1. The highest BCUT2D eigenvalue weighted by Gasteiger charge is 2.15. The van der Waals surface area contributed by atoms with Gasteiger partial charge in [-0.2, -0.15) is 0 Å². The summed E-state index contributed by atoms with van der Waals surface area (Å²) < 4.78 is 5.68. The average Bonchev–Trinajstić information content (AvgIpc) is 2.26. The molecule has 0 unspecified atom stereocenters. The van der Waals surface area contributed by atoms with Gasteiger partial charge in [-0.25, -0.2) is 0 Å². The van der Waals surface area contributed by atoms with Crippen molar-refractivity contribution in [1.82, 2.24) is 0 Å². The van der Waals surface area contributed by atoms with Crippen molar-refractivity contribution in [3.63, 3.8) is 0 Å². The summed E-state index contributed by atoms with van der Waals surface area (Å²) in [6.45, 7) is 2.98. The van der Waals surface area contributed by atoms with Crippen LogP contribution < -0.4 is 0 Å². The predicted octanol–water partition coefficient (Wildman–Crippen LogP) is 2.99. The van der Waals surface area contributed by atoms with Gasteiger partial charge in [0.25, 0.3) is 0 Å². The summed E-state index contributed by atoms with van der Waals surface area (Å²) in [5, 5.41) is 0. The highest BCUT2D eigenvalue weighted by atomic mass is 16.5. The van der Waals surface area contributed by atoms with E-state index in [-0.39, 0.29) is 0 Å². The summed E-state index contributed by atoms with van der Waals surface area (Å²) >= 11 is 0. The molecule has 0 aromatic rings. The molecule has 2 rings (SSSR count). The summed E-state index contributed by atoms with van der Waals surface area (Å²) in [4.78, 5) is 4.38. The summed E-state index contributed by atoms with van der Waals surface area (Å²) in [5.41, 5.74) is 1.29. The molecule has 1 aliphatic heterocycles. The maximum absolute atomic E-state index is 5.68. The van der Waals surface area contributed by atoms with Crippen LogP contribution in [0.4, 0.5) is 0 Å². The van der Waals surface area contributed by atoms with Crippen LogP contribution >= 0.6 is 0 Å². The molecular formula is C12H15NO. The molecule has 14 heavy (non-hydrogen) atoms. The molecular weight excluding hydrogens is 174 g/mol. The van der Waals surface area contributed by atoms with Crippen molar-refractivity contribution in [2.24, 2.45) is 4.99 Å². The lowest BCUT2D eigenvalue weighted by atomic mass is 10.0. The van der Waals surface area contributed by atoms with Crippen LogP contribution in [0, 0.1) is 0 Å². The summed E-state index contributed by atoms with van der Waals surface area (Å²) in [7, 11) is 0. The first-order valence-electron chi connectivity index (χ1n) is 5.17. The van der Waals surface area contributed by atoms with Crippen molar-refractivity contribution < 1.29 is 4.74 Å². The largest absolute Gasteiger partial charge is 0.443 e. The van der Waals surface area contributed by atoms with Gasteiger partial charge in [0.2, 0.25) is 0 Å². The minimum absolute atomic E-state index is 0.848. The molecule has 0 bridgehead atoms. The molecule has 1 heterocycles. The van der Waals surface area contributed by atoms with E-state index in [2.05, 4.69) is 24.1 Å². The summed E-state index contributed by atoms with van der Waals surface area (Å²) in [6, 6.07) is 0. The second-order valence-electron chi connectivity index (χ2n) is 3.47. The van der Waals surface area contributed by atoms with Gasteiger partial charge in [-0.1, -0.05) is 25.2 Å². The molecule has 0 radical (unpaired) electrons. The third kappa shape index (κ3) is 1.95. The fourth-order valence-corrected chi connectivity index (χ4v) is 1.55. The van der Waals surface area contributed by atoms with Gasteiger partial charge in [0, 0.05) is 13.0 Å². The molecule has 0 spiro atoms. The van der Waals surface area contributed by atoms with E-state index < -0.39 is 0 Å². The normalized spacial score (nSPS) is 22.5. The van der Waals surface area contributed by atoms with E-state index >= 15 is 0 Å². The van der Waals surface area contributed by atoms with Crippen LogP contribution in [0.1, 0.15) is 26.2 Å². The quantitative estimate of drug-likeness (QED) is 0.654. The first-order valence-corrected chi connectivity index (χ1v) is 5.17. The fourth-order valence-electron chi connectivity index (χ4n) is 1.55. The molecule has 1 aliphatic carbocycles. The van der Waals surface area contributed by atoms with Gasteiger partial charge < -0.3 is 4.74 Å². The van der Waals surface area contributed by atoms with E-state index in [1.165, 1.54) is 5.57 Å². The number of rotatable bonds is 2. The molecule has 0 aromatic carbocycles. The first-order chi connectivity index (χ1) is 6.90. The van der Waals surface area contributed by atoms with E-state index in [0.29, 0.717) is 0 Å². The number of nitrogens with zero attached hydrogens (tertiary/aromatic N) is 1. The number of ether oxygens (including phenoxy) is 1. The Kier molecular flexibility index (Phi) is 2.82. The van der Waals surface area contributed by atoms with Gasteiger partial charge in [-0.05, 0) is 24.5 Å². The van der Waals surface area contributed by atoms with Crippen molar-refractivity contribution in [1.29, 1.82) is 0 Å². The van der Waals surface area contributed by atoms with Crippen molar-refractivity contribution in [2.45, 2.75) is 26.2 Å². The van der Waals surface area contributed by atoms with E-state index in [4.69, 9.17) is 4.74 Å². The zero-order valence-corrected chi connectivity index (χ0v) is 8.49. The van der Waals surface area contributed by atoms with Gasteiger partial charge in [-0.3, -0.25) is 4.99 Å². The first kappa shape index (κ1) is 9.25. The van der Waals surface area contributed by atoms with E-state index in [1.54, 1.807) is 0 Å². The van der Waals surface area contributed by atoms with E-state index in [9.17, 15) is 0 Å². The third-order valence-corrected chi connectivity index (χ3v) is 2.30. The SMILES string of the molecule is CCCN=C1CC=C2CC=CC=C2O1. The van der Waals surface area contributed by atoms with Crippen LogP contribution in [0.15, 0.2) is 40.6 Å². The van der Waals surface area contributed by atoms with Crippen LogP contribution in [0.25, 0.3) is 0 Å². The Balaban J connectivity index is 2.11. The highest BCUT2D eigenvalue weighted by molar-refractivity contribution is 5.81. The lowest BCUT2D eigenvalue weighted by Gasteiger charge is -2.20. The van der Waals surface area contributed by atoms with Gasteiger partial charge in [-0.15, -0.1) is 0 Å². The van der Waals surface area contributed by atoms with Crippen molar-refractivity contribution in [2.75, 3.05) is 6.54 Å². The number of allylic oxidation sites excluding steroid dienone is 4. The fraction of sp³-hybridized carbons (Fsp3) is 0.417. The number of hydrogen-bond acceptors (Lipinski definition) is 2. The summed E-state index contributed by atoms with van der Waals surface area (Å²) in [5.74, 6) is 1.84. The number of hydrogen-bond donors (Lipinski definition) is 0. The molecule has 0 saturated carbocycles. The predicted molar refractivity (Wildman–Crippen MR) is 58.2 cm³/mol. The Morgan fingerprint density at radius 3 is 3.21 bits per heavy atom. The smallest absolute Gasteiger partial charge is 0.193 e. The van der Waals surface area contributed by atoms with Crippen LogP contribution in [-0.2, 0) is 4.74 Å². The monoisotopic (exact) mass is 189 g/mol. The Morgan fingerprint density at radius 2 is 2.36 bits per heavy atom.